The maximum absolute atomic E-state index is 13.9. The summed E-state index contributed by atoms with van der Waals surface area (Å²) in [4.78, 5) is 29.6. The van der Waals surface area contributed by atoms with Crippen LogP contribution in [-0.4, -0.2) is 9.13 Å². The zero-order valence-electron chi connectivity index (χ0n) is 18.8. The lowest BCUT2D eigenvalue weighted by Crippen LogP contribution is -2.39. The summed E-state index contributed by atoms with van der Waals surface area (Å²) in [6, 6.07) is 9.16. The van der Waals surface area contributed by atoms with Crippen LogP contribution in [0.1, 0.15) is 45.5 Å². The smallest absolute Gasteiger partial charge is 0.279 e. The molecule has 1 aliphatic rings. The van der Waals surface area contributed by atoms with E-state index in [1.54, 1.807) is 34.1 Å². The van der Waals surface area contributed by atoms with Crippen molar-refractivity contribution in [1.29, 1.82) is 0 Å². The first kappa shape index (κ1) is 22.5. The van der Waals surface area contributed by atoms with Gasteiger partial charge in [0.05, 0.1) is 27.7 Å². The van der Waals surface area contributed by atoms with E-state index in [4.69, 9.17) is 23.2 Å². The van der Waals surface area contributed by atoms with Crippen molar-refractivity contribution in [1.82, 2.24) is 9.13 Å². The average Bonchev–Trinajstić information content (AvgIpc) is 3.15. The summed E-state index contributed by atoms with van der Waals surface area (Å²) in [5.74, 6) is 0. The third-order valence-electron chi connectivity index (χ3n) is 6.55. The largest absolute Gasteiger partial charge is 0.337 e. The molecule has 0 fully saturated rings. The Kier molecular flexibility index (Phi) is 5.76. The fraction of sp³-hybridized carbons (Fsp3) is 0.308. The minimum Gasteiger partial charge on any atom is -0.279 e. The second-order valence-electron chi connectivity index (χ2n) is 8.88. The minimum atomic E-state index is -0.358. The SMILES string of the molecule is Cc1cc(C)c(Cn2c(=O)n(-c3ccc(Cl)c(Cl)c3)c(=O)c3c4c(sc32)CCCC4)c(C)c1. The molecule has 0 bridgehead atoms. The van der Waals surface area contributed by atoms with Gasteiger partial charge >= 0.3 is 5.69 Å². The zero-order valence-corrected chi connectivity index (χ0v) is 21.1. The van der Waals surface area contributed by atoms with Crippen molar-refractivity contribution >= 4 is 44.8 Å². The Morgan fingerprint density at radius 3 is 2.33 bits per heavy atom. The number of aryl methyl sites for hydroxylation is 5. The van der Waals surface area contributed by atoms with Crippen molar-refractivity contribution in [2.24, 2.45) is 0 Å². The predicted octanol–water partition coefficient (Wildman–Crippen LogP) is 6.37. The molecule has 0 spiro atoms. The van der Waals surface area contributed by atoms with Gasteiger partial charge in [0.15, 0.2) is 0 Å². The molecule has 0 saturated carbocycles. The molecule has 0 radical (unpaired) electrons. The van der Waals surface area contributed by atoms with Gasteiger partial charge in [0.1, 0.15) is 4.83 Å². The van der Waals surface area contributed by atoms with Gasteiger partial charge in [-0.1, -0.05) is 40.9 Å². The van der Waals surface area contributed by atoms with Crippen molar-refractivity contribution in [2.75, 3.05) is 0 Å². The Morgan fingerprint density at radius 1 is 0.939 bits per heavy atom. The first-order valence-electron chi connectivity index (χ1n) is 11.1. The van der Waals surface area contributed by atoms with E-state index < -0.39 is 0 Å². The predicted molar refractivity (Wildman–Crippen MR) is 138 cm³/mol. The standard InChI is InChI=1S/C26H24Cl2N2O2S/c1-14-10-15(2)19(16(3)11-14)13-29-25-23(18-6-4-5-7-22(18)33-25)24(31)30(26(29)32)17-8-9-20(27)21(28)12-17/h8-12H,4-7,13H2,1-3H3. The molecule has 1 aliphatic carbocycles. The highest BCUT2D eigenvalue weighted by atomic mass is 35.5. The van der Waals surface area contributed by atoms with E-state index in [1.165, 1.54) is 15.0 Å². The molecule has 0 amide bonds. The van der Waals surface area contributed by atoms with Crippen molar-refractivity contribution in [2.45, 2.75) is 53.0 Å². The summed E-state index contributed by atoms with van der Waals surface area (Å²) in [7, 11) is 0. The van der Waals surface area contributed by atoms with Crippen LogP contribution in [0.5, 0.6) is 0 Å². The number of rotatable bonds is 3. The van der Waals surface area contributed by atoms with Crippen LogP contribution in [0.2, 0.25) is 10.0 Å². The zero-order chi connectivity index (χ0) is 23.4. The van der Waals surface area contributed by atoms with E-state index in [1.807, 2.05) is 0 Å². The molecule has 0 unspecified atom stereocenters. The maximum Gasteiger partial charge on any atom is 0.337 e. The third kappa shape index (κ3) is 3.76. The van der Waals surface area contributed by atoms with Gasteiger partial charge in [-0.15, -0.1) is 11.3 Å². The number of aromatic nitrogens is 2. The van der Waals surface area contributed by atoms with E-state index in [0.717, 1.165) is 52.8 Å². The average molecular weight is 499 g/mol. The topological polar surface area (TPSA) is 44.0 Å². The third-order valence-corrected chi connectivity index (χ3v) is 8.61. The molecule has 2 aromatic carbocycles. The maximum atomic E-state index is 13.9. The summed E-state index contributed by atoms with van der Waals surface area (Å²) < 4.78 is 3.03. The molecule has 0 atom stereocenters. The number of thiophene rings is 1. The van der Waals surface area contributed by atoms with Gasteiger partial charge in [0.25, 0.3) is 5.56 Å². The van der Waals surface area contributed by atoms with Gasteiger partial charge in [-0.25, -0.2) is 9.36 Å². The fourth-order valence-corrected chi connectivity index (χ4v) is 6.64. The Labute approximate surface area is 206 Å². The molecule has 0 aliphatic heterocycles. The van der Waals surface area contributed by atoms with Gasteiger partial charge in [0, 0.05) is 4.88 Å². The quantitative estimate of drug-likeness (QED) is 0.329. The molecule has 7 heteroatoms. The Hall–Kier alpha value is -2.34. The van der Waals surface area contributed by atoms with Crippen LogP contribution in [0.15, 0.2) is 39.9 Å². The molecule has 0 N–H and O–H groups in total. The summed E-state index contributed by atoms with van der Waals surface area (Å²) in [6.45, 7) is 6.64. The molecule has 2 heterocycles. The highest BCUT2D eigenvalue weighted by molar-refractivity contribution is 7.18. The Balaban J connectivity index is 1.85. The van der Waals surface area contributed by atoms with Crippen LogP contribution in [-0.2, 0) is 19.4 Å². The van der Waals surface area contributed by atoms with Crippen molar-refractivity contribution in [3.05, 3.63) is 93.9 Å². The molecule has 4 nitrogen and oxygen atoms in total. The lowest BCUT2D eigenvalue weighted by atomic mass is 9.97. The van der Waals surface area contributed by atoms with E-state index in [-0.39, 0.29) is 11.2 Å². The van der Waals surface area contributed by atoms with E-state index in [0.29, 0.717) is 27.7 Å². The number of benzene rings is 2. The van der Waals surface area contributed by atoms with E-state index in [2.05, 4.69) is 32.9 Å². The van der Waals surface area contributed by atoms with Crippen molar-refractivity contribution in [3.63, 3.8) is 0 Å². The van der Waals surface area contributed by atoms with E-state index in [9.17, 15) is 9.59 Å². The van der Waals surface area contributed by atoms with Crippen LogP contribution in [0, 0.1) is 20.8 Å². The van der Waals surface area contributed by atoms with Crippen molar-refractivity contribution < 1.29 is 0 Å². The highest BCUT2D eigenvalue weighted by Crippen LogP contribution is 2.35. The fourth-order valence-electron chi connectivity index (χ4n) is 4.98. The molecule has 2 aromatic heterocycles. The molecular weight excluding hydrogens is 475 g/mol. The lowest BCUT2D eigenvalue weighted by molar-refractivity contribution is 0.695. The number of nitrogens with zero attached hydrogens (tertiary/aromatic N) is 2. The summed E-state index contributed by atoms with van der Waals surface area (Å²) in [5.41, 5.74) is 5.48. The summed E-state index contributed by atoms with van der Waals surface area (Å²) in [5, 5.41) is 1.36. The van der Waals surface area contributed by atoms with Gasteiger partial charge in [-0.05, 0) is 86.9 Å². The van der Waals surface area contributed by atoms with Crippen LogP contribution in [0.4, 0.5) is 0 Å². The molecule has 0 saturated heterocycles. The number of halogens is 2. The monoisotopic (exact) mass is 498 g/mol. The van der Waals surface area contributed by atoms with Gasteiger partial charge in [0.2, 0.25) is 0 Å². The summed E-state index contributed by atoms with van der Waals surface area (Å²) >= 11 is 14.0. The molecule has 4 aromatic rings. The molecule has 33 heavy (non-hydrogen) atoms. The van der Waals surface area contributed by atoms with Crippen molar-refractivity contribution in [3.8, 4) is 5.69 Å². The molecule has 170 valence electrons. The van der Waals surface area contributed by atoms with Gasteiger partial charge < -0.3 is 0 Å². The normalized spacial score (nSPS) is 13.5. The van der Waals surface area contributed by atoms with E-state index >= 15 is 0 Å². The molecule has 5 rings (SSSR count). The number of hydrogen-bond acceptors (Lipinski definition) is 3. The Morgan fingerprint density at radius 2 is 1.64 bits per heavy atom. The first-order chi connectivity index (χ1) is 15.8. The van der Waals surface area contributed by atoms with Gasteiger partial charge in [-0.3, -0.25) is 9.36 Å². The van der Waals surface area contributed by atoms with Crippen LogP contribution < -0.4 is 11.2 Å². The minimum absolute atomic E-state index is 0.276. The first-order valence-corrected chi connectivity index (χ1v) is 12.7. The van der Waals surface area contributed by atoms with Crippen LogP contribution >= 0.6 is 34.5 Å². The second-order valence-corrected chi connectivity index (χ2v) is 10.8. The van der Waals surface area contributed by atoms with Crippen LogP contribution in [0.25, 0.3) is 15.9 Å². The number of fused-ring (bicyclic) bond motifs is 3. The van der Waals surface area contributed by atoms with Crippen LogP contribution in [0.3, 0.4) is 0 Å². The van der Waals surface area contributed by atoms with Gasteiger partial charge in [-0.2, -0.15) is 0 Å². The summed E-state index contributed by atoms with van der Waals surface area (Å²) in [6.07, 6.45) is 3.99. The second kappa shape index (κ2) is 8.46. The lowest BCUT2D eigenvalue weighted by Gasteiger charge is -2.16. The Bertz CT molecular complexity index is 1520. The highest BCUT2D eigenvalue weighted by Gasteiger charge is 2.25. The number of hydrogen-bond donors (Lipinski definition) is 0. The molecular formula is C26H24Cl2N2O2S.